The van der Waals surface area contributed by atoms with Gasteiger partial charge in [0, 0.05) is 57.0 Å². The van der Waals surface area contributed by atoms with Gasteiger partial charge in [-0.1, -0.05) is 12.1 Å². The maximum absolute atomic E-state index is 14.3. The average molecular weight is 536 g/mol. The van der Waals surface area contributed by atoms with Crippen LogP contribution >= 0.6 is 0 Å². The van der Waals surface area contributed by atoms with Crippen molar-refractivity contribution in [1.29, 1.82) is 0 Å². The number of alkyl halides is 3. The molecule has 2 aliphatic heterocycles. The molecule has 2 atom stereocenters. The molecule has 0 saturated carbocycles. The van der Waals surface area contributed by atoms with Crippen molar-refractivity contribution in [3.63, 3.8) is 0 Å². The Kier molecular flexibility index (Phi) is 6.90. The summed E-state index contributed by atoms with van der Waals surface area (Å²) in [7, 11) is 0. The number of amides is 1. The normalized spacial score (nSPS) is 20.7. The second kappa shape index (κ2) is 10.2. The summed E-state index contributed by atoms with van der Waals surface area (Å²) in [5, 5.41) is 6.83. The molecular weight excluding hydrogens is 510 g/mol. The fourth-order valence-corrected chi connectivity index (χ4v) is 4.84. The van der Waals surface area contributed by atoms with Gasteiger partial charge in [-0.25, -0.2) is 19.5 Å². The van der Waals surface area contributed by atoms with E-state index in [0.717, 1.165) is 12.4 Å². The van der Waals surface area contributed by atoms with Gasteiger partial charge in [0.1, 0.15) is 5.82 Å². The van der Waals surface area contributed by atoms with E-state index < -0.39 is 29.2 Å². The number of aromatic nitrogens is 4. The van der Waals surface area contributed by atoms with Crippen LogP contribution < -0.4 is 15.4 Å². The number of fused-ring (bicyclic) bond motifs is 1. The summed E-state index contributed by atoms with van der Waals surface area (Å²) >= 11 is 0. The zero-order chi connectivity index (χ0) is 27.0. The van der Waals surface area contributed by atoms with E-state index in [1.807, 2.05) is 11.8 Å². The summed E-state index contributed by atoms with van der Waals surface area (Å²) in [5.41, 5.74) is -1.53. The Morgan fingerprint density at radius 1 is 1.11 bits per heavy atom. The van der Waals surface area contributed by atoms with Gasteiger partial charge in [0.2, 0.25) is 11.9 Å². The van der Waals surface area contributed by atoms with Crippen LogP contribution in [-0.2, 0) is 15.7 Å². The Bertz CT molecular complexity index is 1370. The van der Waals surface area contributed by atoms with E-state index in [9.17, 15) is 27.2 Å². The van der Waals surface area contributed by atoms with Crippen LogP contribution in [0.25, 0.3) is 10.8 Å². The molecule has 14 heteroatoms. The number of rotatable bonds is 4. The lowest BCUT2D eigenvalue weighted by Gasteiger charge is -2.39. The van der Waals surface area contributed by atoms with Gasteiger partial charge in [-0.05, 0) is 13.0 Å². The van der Waals surface area contributed by atoms with E-state index >= 15 is 0 Å². The zero-order valence-electron chi connectivity index (χ0n) is 20.4. The molecule has 38 heavy (non-hydrogen) atoms. The van der Waals surface area contributed by atoms with E-state index in [1.54, 1.807) is 15.9 Å². The number of morpholine rings is 1. The van der Waals surface area contributed by atoms with Crippen LogP contribution in [0.15, 0.2) is 35.4 Å². The SMILES string of the molecule is CC1CN(c2n[nH]c(=O)c3c(F)cccc23)CC(CC(=O)N2CCN(c3ncc(C(F)(F)F)cn3)CC2)O1. The first kappa shape index (κ1) is 25.8. The zero-order valence-corrected chi connectivity index (χ0v) is 20.4. The molecule has 0 aliphatic carbocycles. The first-order valence-electron chi connectivity index (χ1n) is 12.1. The van der Waals surface area contributed by atoms with E-state index in [1.165, 1.54) is 12.1 Å². The lowest BCUT2D eigenvalue weighted by atomic mass is 10.1. The lowest BCUT2D eigenvalue weighted by molar-refractivity contribution is -0.138. The molecule has 2 aromatic heterocycles. The largest absolute Gasteiger partial charge is 0.419 e. The average Bonchev–Trinajstić information content (AvgIpc) is 2.88. The smallest absolute Gasteiger partial charge is 0.371 e. The summed E-state index contributed by atoms with van der Waals surface area (Å²) in [4.78, 5) is 38.1. The summed E-state index contributed by atoms with van der Waals surface area (Å²) < 4.78 is 58.6. The van der Waals surface area contributed by atoms with Gasteiger partial charge in [-0.2, -0.15) is 18.3 Å². The molecule has 2 aliphatic rings. The standard InChI is InChI=1S/C24H25F4N7O3/c1-14-12-35(21-17-3-2-4-18(25)20(17)22(37)32-31-21)13-16(38-14)9-19(36)33-5-7-34(8-6-33)23-29-10-15(11-30-23)24(26,27)28/h2-4,10-11,14,16H,5-9,12-13H2,1H3,(H,32,37). The number of halogens is 4. The molecule has 1 amide bonds. The van der Waals surface area contributed by atoms with E-state index in [2.05, 4.69) is 20.2 Å². The molecule has 2 fully saturated rings. The van der Waals surface area contributed by atoms with E-state index in [4.69, 9.17) is 4.74 Å². The monoisotopic (exact) mass is 535 g/mol. The van der Waals surface area contributed by atoms with Crippen molar-refractivity contribution < 1.29 is 27.1 Å². The minimum Gasteiger partial charge on any atom is -0.371 e. The molecule has 1 N–H and O–H groups in total. The fraction of sp³-hybridized carbons (Fsp3) is 0.458. The second-order valence-electron chi connectivity index (χ2n) is 9.35. The molecule has 1 aromatic carbocycles. The first-order valence-corrected chi connectivity index (χ1v) is 12.1. The number of benzene rings is 1. The Hall–Kier alpha value is -3.81. The Labute approximate surface area is 214 Å². The highest BCUT2D eigenvalue weighted by Gasteiger charge is 2.33. The van der Waals surface area contributed by atoms with Gasteiger partial charge in [0.05, 0.1) is 29.6 Å². The van der Waals surface area contributed by atoms with E-state index in [0.29, 0.717) is 50.5 Å². The second-order valence-corrected chi connectivity index (χ2v) is 9.35. The van der Waals surface area contributed by atoms with Crippen molar-refractivity contribution in [3.05, 3.63) is 52.3 Å². The number of nitrogens with zero attached hydrogens (tertiary/aromatic N) is 6. The third-order valence-electron chi connectivity index (χ3n) is 6.65. The Morgan fingerprint density at radius 2 is 1.82 bits per heavy atom. The van der Waals surface area contributed by atoms with Gasteiger partial charge in [0.25, 0.3) is 5.56 Å². The number of hydrogen-bond acceptors (Lipinski definition) is 8. The number of carbonyl (C=O) groups is 1. The van der Waals surface area contributed by atoms with Gasteiger partial charge in [-0.3, -0.25) is 9.59 Å². The summed E-state index contributed by atoms with van der Waals surface area (Å²) in [6, 6.07) is 4.37. The number of hydrogen-bond donors (Lipinski definition) is 1. The van der Waals surface area contributed by atoms with Crippen molar-refractivity contribution >= 4 is 28.4 Å². The fourth-order valence-electron chi connectivity index (χ4n) is 4.84. The lowest BCUT2D eigenvalue weighted by Crippen LogP contribution is -2.52. The molecule has 4 heterocycles. The van der Waals surface area contributed by atoms with Crippen LogP contribution in [0, 0.1) is 5.82 Å². The summed E-state index contributed by atoms with van der Waals surface area (Å²) in [6.07, 6.45) is -3.60. The van der Waals surface area contributed by atoms with Crippen LogP contribution in [0.5, 0.6) is 0 Å². The highest BCUT2D eigenvalue weighted by Crippen LogP contribution is 2.29. The Morgan fingerprint density at radius 3 is 2.50 bits per heavy atom. The van der Waals surface area contributed by atoms with Crippen LogP contribution in [0.2, 0.25) is 0 Å². The minimum absolute atomic E-state index is 0.0702. The predicted molar refractivity (Wildman–Crippen MR) is 129 cm³/mol. The molecule has 3 aromatic rings. The molecule has 2 unspecified atom stereocenters. The van der Waals surface area contributed by atoms with Gasteiger partial charge in [-0.15, -0.1) is 0 Å². The van der Waals surface area contributed by atoms with E-state index in [-0.39, 0.29) is 29.8 Å². The van der Waals surface area contributed by atoms with Gasteiger partial charge in [0.15, 0.2) is 5.82 Å². The maximum Gasteiger partial charge on any atom is 0.419 e. The number of H-pyrrole nitrogens is 1. The first-order chi connectivity index (χ1) is 18.1. The van der Waals surface area contributed by atoms with Gasteiger partial charge < -0.3 is 19.4 Å². The molecule has 0 radical (unpaired) electrons. The van der Waals surface area contributed by atoms with Crippen LogP contribution in [-0.4, -0.2) is 82.4 Å². The number of piperazine rings is 1. The summed E-state index contributed by atoms with van der Waals surface area (Å²) in [6.45, 7) is 4.11. The number of aromatic amines is 1. The predicted octanol–water partition coefficient (Wildman–Crippen LogP) is 2.20. The summed E-state index contributed by atoms with van der Waals surface area (Å²) in [5.74, 6) is -0.164. The topological polar surface area (TPSA) is 108 Å². The van der Waals surface area contributed by atoms with Crippen molar-refractivity contribution in [2.45, 2.75) is 31.7 Å². The molecule has 2 saturated heterocycles. The van der Waals surface area contributed by atoms with Crippen molar-refractivity contribution in [3.8, 4) is 0 Å². The van der Waals surface area contributed by atoms with Crippen molar-refractivity contribution in [1.82, 2.24) is 25.1 Å². The number of ether oxygens (including phenoxy) is 1. The number of anilines is 2. The maximum atomic E-state index is 14.3. The van der Waals surface area contributed by atoms with Gasteiger partial charge >= 0.3 is 6.18 Å². The molecule has 0 bridgehead atoms. The molecule has 202 valence electrons. The number of nitrogens with one attached hydrogen (secondary N) is 1. The van der Waals surface area contributed by atoms with Crippen molar-refractivity contribution in [2.75, 3.05) is 49.1 Å². The quantitative estimate of drug-likeness (QED) is 0.507. The Balaban J connectivity index is 1.22. The van der Waals surface area contributed by atoms with Crippen molar-refractivity contribution in [2.24, 2.45) is 0 Å². The third-order valence-corrected chi connectivity index (χ3v) is 6.65. The molecule has 0 spiro atoms. The van der Waals surface area contributed by atoms with Crippen LogP contribution in [0.3, 0.4) is 0 Å². The third kappa shape index (κ3) is 5.26. The molecule has 10 nitrogen and oxygen atoms in total. The highest BCUT2D eigenvalue weighted by atomic mass is 19.4. The minimum atomic E-state index is -4.50. The highest BCUT2D eigenvalue weighted by molar-refractivity contribution is 5.91. The molecular formula is C24H25F4N7O3. The molecule has 5 rings (SSSR count). The van der Waals surface area contributed by atoms with Crippen LogP contribution in [0.1, 0.15) is 18.9 Å². The number of carbonyl (C=O) groups excluding carboxylic acids is 1. The van der Waals surface area contributed by atoms with Crippen LogP contribution in [0.4, 0.5) is 29.3 Å².